The molecule has 7 nitrogen and oxygen atoms in total. The van der Waals surface area contributed by atoms with Crippen LogP contribution in [0.4, 0.5) is 4.79 Å². The Morgan fingerprint density at radius 2 is 1.96 bits per heavy atom. The molecule has 0 spiro atoms. The van der Waals surface area contributed by atoms with Gasteiger partial charge in [-0.3, -0.25) is 4.79 Å². The molecule has 1 saturated carbocycles. The summed E-state index contributed by atoms with van der Waals surface area (Å²) in [7, 11) is 5.39. The Morgan fingerprint density at radius 3 is 2.50 bits per heavy atom. The van der Waals surface area contributed by atoms with Gasteiger partial charge in [0.2, 0.25) is 5.91 Å². The fourth-order valence-electron chi connectivity index (χ4n) is 2.92. The zero-order valence-electron chi connectivity index (χ0n) is 15.6. The SMILES string of the molecule is CN(C)C(=O)N(CC(=O)N(Cc1ccco1)Cc1cccn1C)C1CC1. The van der Waals surface area contributed by atoms with E-state index in [2.05, 4.69) is 0 Å². The lowest BCUT2D eigenvalue weighted by Crippen LogP contribution is -2.47. The molecule has 1 aliphatic rings. The Hall–Kier alpha value is -2.70. The highest BCUT2D eigenvalue weighted by molar-refractivity contribution is 5.84. The number of furan rings is 1. The topological polar surface area (TPSA) is 61.9 Å². The highest BCUT2D eigenvalue weighted by atomic mass is 16.3. The Labute approximate surface area is 153 Å². The van der Waals surface area contributed by atoms with Gasteiger partial charge in [0.15, 0.2) is 0 Å². The molecule has 26 heavy (non-hydrogen) atoms. The molecular formula is C19H26N4O3. The molecule has 1 fully saturated rings. The van der Waals surface area contributed by atoms with Gasteiger partial charge in [0.05, 0.1) is 19.4 Å². The summed E-state index contributed by atoms with van der Waals surface area (Å²) in [5.41, 5.74) is 1.03. The molecule has 3 rings (SSSR count). The molecular weight excluding hydrogens is 332 g/mol. The third-order valence-corrected chi connectivity index (χ3v) is 4.61. The van der Waals surface area contributed by atoms with Crippen molar-refractivity contribution in [2.24, 2.45) is 7.05 Å². The molecule has 0 radical (unpaired) electrons. The predicted molar refractivity (Wildman–Crippen MR) is 97.2 cm³/mol. The summed E-state index contributed by atoms with van der Waals surface area (Å²) in [6.07, 6.45) is 5.48. The lowest BCUT2D eigenvalue weighted by Gasteiger charge is -2.29. The summed E-state index contributed by atoms with van der Waals surface area (Å²) < 4.78 is 7.42. The van der Waals surface area contributed by atoms with Crippen LogP contribution in [0.25, 0.3) is 0 Å². The van der Waals surface area contributed by atoms with Gasteiger partial charge in [-0.05, 0) is 37.1 Å². The molecule has 2 heterocycles. The van der Waals surface area contributed by atoms with E-state index in [0.29, 0.717) is 13.1 Å². The molecule has 0 atom stereocenters. The highest BCUT2D eigenvalue weighted by Gasteiger charge is 2.35. The second-order valence-corrected chi connectivity index (χ2v) is 6.98. The van der Waals surface area contributed by atoms with Gasteiger partial charge >= 0.3 is 6.03 Å². The van der Waals surface area contributed by atoms with E-state index in [1.54, 1.807) is 30.2 Å². The van der Waals surface area contributed by atoms with Gasteiger partial charge in [-0.1, -0.05) is 0 Å². The van der Waals surface area contributed by atoms with Crippen molar-refractivity contribution >= 4 is 11.9 Å². The van der Waals surface area contributed by atoms with E-state index in [-0.39, 0.29) is 24.5 Å². The van der Waals surface area contributed by atoms with Gasteiger partial charge < -0.3 is 23.7 Å². The van der Waals surface area contributed by atoms with Crippen LogP contribution in [0.15, 0.2) is 41.1 Å². The zero-order chi connectivity index (χ0) is 18.7. The molecule has 0 unspecified atom stereocenters. The normalized spacial score (nSPS) is 13.5. The van der Waals surface area contributed by atoms with Crippen LogP contribution in [0.3, 0.4) is 0 Å². The second-order valence-electron chi connectivity index (χ2n) is 6.98. The second kappa shape index (κ2) is 7.68. The quantitative estimate of drug-likeness (QED) is 0.763. The number of hydrogen-bond acceptors (Lipinski definition) is 3. The van der Waals surface area contributed by atoms with E-state index >= 15 is 0 Å². The zero-order valence-corrected chi connectivity index (χ0v) is 15.6. The molecule has 7 heteroatoms. The first-order valence-corrected chi connectivity index (χ1v) is 8.84. The summed E-state index contributed by atoms with van der Waals surface area (Å²) >= 11 is 0. The average Bonchev–Trinajstić information content (AvgIpc) is 3.17. The van der Waals surface area contributed by atoms with Crippen molar-refractivity contribution in [1.29, 1.82) is 0 Å². The first-order valence-electron chi connectivity index (χ1n) is 8.84. The predicted octanol–water partition coefficient (Wildman–Crippen LogP) is 2.29. The monoisotopic (exact) mass is 358 g/mol. The first kappa shape index (κ1) is 18.1. The Balaban J connectivity index is 1.74. The molecule has 0 saturated heterocycles. The molecule has 2 aromatic heterocycles. The minimum Gasteiger partial charge on any atom is -0.467 e. The Kier molecular flexibility index (Phi) is 5.35. The maximum absolute atomic E-state index is 13.0. The van der Waals surface area contributed by atoms with Crippen LogP contribution in [-0.4, -0.2) is 57.9 Å². The average molecular weight is 358 g/mol. The molecule has 2 aromatic rings. The molecule has 0 aliphatic heterocycles. The molecule has 1 aliphatic carbocycles. The van der Waals surface area contributed by atoms with Gasteiger partial charge in [-0.25, -0.2) is 4.79 Å². The van der Waals surface area contributed by atoms with Crippen LogP contribution in [0, 0.1) is 0 Å². The molecule has 140 valence electrons. The van der Waals surface area contributed by atoms with Crippen molar-refractivity contribution in [2.45, 2.75) is 32.0 Å². The van der Waals surface area contributed by atoms with Crippen molar-refractivity contribution < 1.29 is 14.0 Å². The third-order valence-electron chi connectivity index (χ3n) is 4.61. The smallest absolute Gasteiger partial charge is 0.320 e. The number of rotatable bonds is 7. The molecule has 0 bridgehead atoms. The van der Waals surface area contributed by atoms with Crippen molar-refractivity contribution in [3.05, 3.63) is 48.2 Å². The molecule has 0 N–H and O–H groups in total. The maximum atomic E-state index is 13.0. The lowest BCUT2D eigenvalue weighted by molar-refractivity contribution is -0.133. The van der Waals surface area contributed by atoms with E-state index in [9.17, 15) is 9.59 Å². The number of urea groups is 1. The van der Waals surface area contributed by atoms with E-state index < -0.39 is 0 Å². The fourth-order valence-corrected chi connectivity index (χ4v) is 2.92. The molecule has 0 aromatic carbocycles. The van der Waals surface area contributed by atoms with Crippen molar-refractivity contribution in [3.8, 4) is 0 Å². The number of aromatic nitrogens is 1. The highest BCUT2D eigenvalue weighted by Crippen LogP contribution is 2.27. The summed E-state index contributed by atoms with van der Waals surface area (Å²) in [6, 6.07) is 7.68. The van der Waals surface area contributed by atoms with Crippen LogP contribution in [0.1, 0.15) is 24.3 Å². The van der Waals surface area contributed by atoms with Crippen LogP contribution >= 0.6 is 0 Å². The largest absolute Gasteiger partial charge is 0.467 e. The first-order chi connectivity index (χ1) is 12.5. The van der Waals surface area contributed by atoms with Gasteiger partial charge in [0.25, 0.3) is 0 Å². The van der Waals surface area contributed by atoms with Crippen molar-refractivity contribution in [3.63, 3.8) is 0 Å². The van der Waals surface area contributed by atoms with E-state index in [0.717, 1.165) is 24.3 Å². The van der Waals surface area contributed by atoms with Gasteiger partial charge in [-0.15, -0.1) is 0 Å². The summed E-state index contributed by atoms with van der Waals surface area (Å²) in [4.78, 5) is 30.4. The summed E-state index contributed by atoms with van der Waals surface area (Å²) in [5, 5.41) is 0. The molecule has 3 amide bonds. The van der Waals surface area contributed by atoms with E-state index in [1.165, 1.54) is 4.90 Å². The number of nitrogens with zero attached hydrogens (tertiary/aromatic N) is 4. The number of aryl methyl sites for hydroxylation is 1. The number of hydrogen-bond donors (Lipinski definition) is 0. The summed E-state index contributed by atoms with van der Waals surface area (Å²) in [5.74, 6) is 0.647. The maximum Gasteiger partial charge on any atom is 0.320 e. The van der Waals surface area contributed by atoms with Crippen molar-refractivity contribution in [1.82, 2.24) is 19.3 Å². The van der Waals surface area contributed by atoms with Gasteiger partial charge in [-0.2, -0.15) is 0 Å². The lowest BCUT2D eigenvalue weighted by atomic mass is 10.3. The van der Waals surface area contributed by atoms with E-state index in [1.807, 2.05) is 42.1 Å². The van der Waals surface area contributed by atoms with Crippen LogP contribution in [0.5, 0.6) is 0 Å². The number of carbonyl (C=O) groups excluding carboxylic acids is 2. The minimum absolute atomic E-state index is 0.0790. The van der Waals surface area contributed by atoms with Crippen LogP contribution in [0.2, 0.25) is 0 Å². The van der Waals surface area contributed by atoms with Crippen LogP contribution in [-0.2, 0) is 24.9 Å². The number of carbonyl (C=O) groups is 2. The summed E-state index contributed by atoms with van der Waals surface area (Å²) in [6.45, 7) is 0.941. The fraction of sp³-hybridized carbons (Fsp3) is 0.474. The van der Waals surface area contributed by atoms with Gasteiger partial charge in [0, 0.05) is 39.1 Å². The minimum atomic E-state index is -0.113. The Morgan fingerprint density at radius 1 is 1.19 bits per heavy atom. The standard InChI is InChI=1S/C19H26N4O3/c1-20(2)19(25)23(15-8-9-15)14-18(24)22(13-17-7-5-11-26-17)12-16-6-4-10-21(16)3/h4-7,10-11,15H,8-9,12-14H2,1-3H3. The van der Waals surface area contributed by atoms with Crippen LogP contribution < -0.4 is 0 Å². The Bertz CT molecular complexity index is 747. The van der Waals surface area contributed by atoms with Crippen molar-refractivity contribution in [2.75, 3.05) is 20.6 Å². The van der Waals surface area contributed by atoms with Gasteiger partial charge in [0.1, 0.15) is 12.3 Å². The number of amides is 3. The third kappa shape index (κ3) is 4.28. The van der Waals surface area contributed by atoms with E-state index in [4.69, 9.17) is 4.42 Å².